The maximum Gasteiger partial charge on any atom is 0.328 e. The summed E-state index contributed by atoms with van der Waals surface area (Å²) in [5, 5.41) is 3.34. The molecule has 0 aliphatic carbocycles. The van der Waals surface area contributed by atoms with E-state index in [1.165, 1.54) is 15.7 Å². The summed E-state index contributed by atoms with van der Waals surface area (Å²) in [6.45, 7) is 7.29. The highest BCUT2D eigenvalue weighted by Crippen LogP contribution is 2.22. The Labute approximate surface area is 169 Å². The van der Waals surface area contributed by atoms with Crippen molar-refractivity contribution in [1.29, 1.82) is 0 Å². The number of carbonyl (C=O) groups is 1. The molecule has 0 spiro atoms. The van der Waals surface area contributed by atoms with E-state index < -0.39 is 11.2 Å². The maximum atomic E-state index is 12.2. The van der Waals surface area contributed by atoms with Gasteiger partial charge in [-0.2, -0.15) is 0 Å². The molecule has 0 fully saturated rings. The number of fused-ring (bicyclic) bond motifs is 1. The van der Waals surface area contributed by atoms with Crippen molar-refractivity contribution in [3.05, 3.63) is 80.5 Å². The van der Waals surface area contributed by atoms with Crippen LogP contribution in [-0.4, -0.2) is 22.0 Å². The highest BCUT2D eigenvalue weighted by Gasteiger charge is 2.13. The summed E-state index contributed by atoms with van der Waals surface area (Å²) >= 11 is 0. The first-order valence-corrected chi connectivity index (χ1v) is 9.84. The van der Waals surface area contributed by atoms with E-state index in [1.807, 2.05) is 0 Å². The van der Waals surface area contributed by atoms with Crippen LogP contribution in [0.2, 0.25) is 0 Å². The van der Waals surface area contributed by atoms with Crippen LogP contribution in [0.15, 0.2) is 58.1 Å². The summed E-state index contributed by atoms with van der Waals surface area (Å²) < 4.78 is 1.43. The number of benzene rings is 2. The molecule has 0 aliphatic rings. The molecule has 152 valence electrons. The van der Waals surface area contributed by atoms with Crippen LogP contribution in [0.25, 0.3) is 10.9 Å². The minimum atomic E-state index is -0.500. The van der Waals surface area contributed by atoms with Crippen molar-refractivity contribution in [1.82, 2.24) is 14.9 Å². The van der Waals surface area contributed by atoms with Crippen LogP contribution in [0.1, 0.15) is 38.3 Å². The Bertz CT molecular complexity index is 1120. The van der Waals surface area contributed by atoms with Crippen LogP contribution >= 0.6 is 0 Å². The summed E-state index contributed by atoms with van der Waals surface area (Å²) in [5.41, 5.74) is 2.19. The summed E-state index contributed by atoms with van der Waals surface area (Å²) in [7, 11) is 0. The Morgan fingerprint density at radius 3 is 2.41 bits per heavy atom. The molecule has 29 heavy (non-hydrogen) atoms. The molecule has 0 unspecified atom stereocenters. The van der Waals surface area contributed by atoms with Crippen molar-refractivity contribution in [2.24, 2.45) is 0 Å². The number of carbonyl (C=O) groups excluding carboxylic acids is 1. The molecular weight excluding hydrogens is 366 g/mol. The Kier molecular flexibility index (Phi) is 6.01. The molecule has 0 aliphatic heterocycles. The van der Waals surface area contributed by atoms with Gasteiger partial charge in [-0.3, -0.25) is 19.1 Å². The first-order chi connectivity index (χ1) is 13.8. The summed E-state index contributed by atoms with van der Waals surface area (Å²) in [5.74, 6) is -0.126. The highest BCUT2D eigenvalue weighted by molar-refractivity contribution is 5.78. The van der Waals surface area contributed by atoms with E-state index in [4.69, 9.17) is 0 Å². The number of nitrogens with one attached hydrogen (secondary N) is 2. The Morgan fingerprint density at radius 1 is 1.03 bits per heavy atom. The van der Waals surface area contributed by atoms with Crippen LogP contribution in [0.3, 0.4) is 0 Å². The van der Waals surface area contributed by atoms with E-state index in [9.17, 15) is 14.4 Å². The van der Waals surface area contributed by atoms with Crippen molar-refractivity contribution in [2.45, 2.75) is 45.6 Å². The average Bonchev–Trinajstić information content (AvgIpc) is 2.67. The molecule has 0 bridgehead atoms. The molecule has 2 aromatic carbocycles. The molecule has 6 nitrogen and oxygen atoms in total. The van der Waals surface area contributed by atoms with Gasteiger partial charge in [0.05, 0.1) is 10.9 Å². The largest absolute Gasteiger partial charge is 0.356 e. The molecule has 1 aromatic heterocycles. The highest BCUT2D eigenvalue weighted by atomic mass is 16.2. The zero-order valence-corrected chi connectivity index (χ0v) is 17.1. The van der Waals surface area contributed by atoms with Gasteiger partial charge in [0.1, 0.15) is 0 Å². The van der Waals surface area contributed by atoms with E-state index in [-0.39, 0.29) is 24.3 Å². The number of hydrogen-bond donors (Lipinski definition) is 2. The molecule has 0 saturated heterocycles. The molecule has 0 saturated carbocycles. The van der Waals surface area contributed by atoms with E-state index in [1.54, 1.807) is 24.3 Å². The molecule has 0 radical (unpaired) electrons. The number of para-hydroxylation sites is 1. The van der Waals surface area contributed by atoms with Crippen LogP contribution in [0, 0.1) is 0 Å². The lowest BCUT2D eigenvalue weighted by Gasteiger charge is -2.19. The lowest BCUT2D eigenvalue weighted by Crippen LogP contribution is -2.33. The number of nitrogens with zero attached hydrogens (tertiary/aromatic N) is 1. The lowest BCUT2D eigenvalue weighted by molar-refractivity contribution is -0.121. The molecule has 6 heteroatoms. The number of amides is 1. The Hall–Kier alpha value is -3.15. The fourth-order valence-electron chi connectivity index (χ4n) is 3.28. The first-order valence-electron chi connectivity index (χ1n) is 9.84. The van der Waals surface area contributed by atoms with Crippen molar-refractivity contribution in [2.75, 3.05) is 6.54 Å². The van der Waals surface area contributed by atoms with Gasteiger partial charge in [0.15, 0.2) is 0 Å². The Morgan fingerprint density at radius 2 is 1.72 bits per heavy atom. The number of aromatic amines is 1. The number of H-pyrrole nitrogens is 1. The molecule has 0 atom stereocenters. The number of aromatic nitrogens is 2. The quantitative estimate of drug-likeness (QED) is 0.675. The molecular formula is C23H27N3O3. The van der Waals surface area contributed by atoms with E-state index in [0.717, 1.165) is 6.42 Å². The van der Waals surface area contributed by atoms with Crippen molar-refractivity contribution in [3.63, 3.8) is 0 Å². The van der Waals surface area contributed by atoms with Gasteiger partial charge in [-0.05, 0) is 35.1 Å². The van der Waals surface area contributed by atoms with E-state index >= 15 is 0 Å². The van der Waals surface area contributed by atoms with E-state index in [2.05, 4.69) is 55.3 Å². The number of rotatable bonds is 6. The van der Waals surface area contributed by atoms with Gasteiger partial charge in [-0.15, -0.1) is 0 Å². The van der Waals surface area contributed by atoms with Gasteiger partial charge in [-0.25, -0.2) is 4.79 Å². The molecule has 1 heterocycles. The summed E-state index contributed by atoms with van der Waals surface area (Å²) in [6.07, 6.45) is 0.913. The van der Waals surface area contributed by atoms with Crippen LogP contribution < -0.4 is 16.6 Å². The van der Waals surface area contributed by atoms with E-state index in [0.29, 0.717) is 17.4 Å². The van der Waals surface area contributed by atoms with Gasteiger partial charge in [0.2, 0.25) is 5.91 Å². The predicted octanol–water partition coefficient (Wildman–Crippen LogP) is 2.74. The topological polar surface area (TPSA) is 84.0 Å². The normalized spacial score (nSPS) is 11.6. The second kappa shape index (κ2) is 8.47. The first kappa shape index (κ1) is 20.6. The van der Waals surface area contributed by atoms with Crippen molar-refractivity contribution < 1.29 is 4.79 Å². The molecule has 1 amide bonds. The van der Waals surface area contributed by atoms with Crippen molar-refractivity contribution in [3.8, 4) is 0 Å². The second-order valence-corrected chi connectivity index (χ2v) is 8.22. The minimum absolute atomic E-state index is 0.122. The monoisotopic (exact) mass is 393 g/mol. The maximum absolute atomic E-state index is 12.2. The molecule has 3 aromatic rings. The molecule has 3 rings (SSSR count). The average molecular weight is 393 g/mol. The fourth-order valence-corrected chi connectivity index (χ4v) is 3.28. The van der Waals surface area contributed by atoms with Gasteiger partial charge < -0.3 is 5.32 Å². The summed E-state index contributed by atoms with van der Waals surface area (Å²) in [4.78, 5) is 38.5. The SMILES string of the molecule is CC(C)(C)c1ccc(CCNC(=O)CCn2c(=O)[nH]c(=O)c3ccccc32)cc1. The predicted molar refractivity (Wildman–Crippen MR) is 115 cm³/mol. The zero-order valence-electron chi connectivity index (χ0n) is 17.1. The third-order valence-corrected chi connectivity index (χ3v) is 5.02. The van der Waals surface area contributed by atoms with Gasteiger partial charge >= 0.3 is 5.69 Å². The van der Waals surface area contributed by atoms with Crippen LogP contribution in [-0.2, 0) is 23.2 Å². The summed E-state index contributed by atoms with van der Waals surface area (Å²) in [6, 6.07) is 15.3. The number of aryl methyl sites for hydroxylation is 1. The van der Waals surface area contributed by atoms with Crippen LogP contribution in [0.4, 0.5) is 0 Å². The standard InChI is InChI=1S/C23H27N3O3/c1-23(2,3)17-10-8-16(9-11-17)12-14-24-20(27)13-15-26-19-7-5-4-6-18(19)21(28)25-22(26)29/h4-11H,12-15H2,1-3H3,(H,24,27)(H,25,28,29). The minimum Gasteiger partial charge on any atom is -0.356 e. The fraction of sp³-hybridized carbons (Fsp3) is 0.348. The van der Waals surface area contributed by atoms with Gasteiger partial charge in [0, 0.05) is 19.5 Å². The smallest absolute Gasteiger partial charge is 0.328 e. The third-order valence-electron chi connectivity index (χ3n) is 5.02. The van der Waals surface area contributed by atoms with Gasteiger partial charge in [-0.1, -0.05) is 57.2 Å². The Balaban J connectivity index is 1.55. The number of hydrogen-bond acceptors (Lipinski definition) is 3. The lowest BCUT2D eigenvalue weighted by atomic mass is 9.86. The zero-order chi connectivity index (χ0) is 21.0. The van der Waals surface area contributed by atoms with Crippen LogP contribution in [0.5, 0.6) is 0 Å². The second-order valence-electron chi connectivity index (χ2n) is 8.22. The third kappa shape index (κ3) is 5.02. The molecule has 2 N–H and O–H groups in total. The van der Waals surface area contributed by atoms with Gasteiger partial charge in [0.25, 0.3) is 5.56 Å². The van der Waals surface area contributed by atoms with Crippen molar-refractivity contribution >= 4 is 16.8 Å².